The maximum absolute atomic E-state index is 11.7. The third-order valence-corrected chi connectivity index (χ3v) is 3.32. The molecular weight excluding hydrogens is 280 g/mol. The second-order valence-corrected chi connectivity index (χ2v) is 5.38. The molecule has 1 unspecified atom stereocenters. The highest BCUT2D eigenvalue weighted by atomic mass is 16.3. The molecule has 118 valence electrons. The maximum atomic E-state index is 11.7. The molecule has 2 amide bonds. The Morgan fingerprint density at radius 1 is 1.36 bits per heavy atom. The number of hydrogen-bond acceptors (Lipinski definition) is 3. The van der Waals surface area contributed by atoms with Crippen LogP contribution in [0.2, 0.25) is 0 Å². The lowest BCUT2D eigenvalue weighted by Gasteiger charge is -2.14. The number of benzene rings is 1. The molecule has 22 heavy (non-hydrogen) atoms. The summed E-state index contributed by atoms with van der Waals surface area (Å²) in [5, 5.41) is 18.9. The Balaban J connectivity index is 2.12. The summed E-state index contributed by atoms with van der Waals surface area (Å²) in [6.07, 6.45) is 0. The minimum atomic E-state index is -0.301. The summed E-state index contributed by atoms with van der Waals surface area (Å²) in [5.41, 5.74) is 3.92. The first-order valence-corrected chi connectivity index (χ1v) is 7.28. The molecule has 0 aliphatic rings. The Bertz CT molecular complexity index is 651. The van der Waals surface area contributed by atoms with Crippen LogP contribution in [-0.4, -0.2) is 33.6 Å². The molecule has 1 aromatic heterocycles. The molecule has 0 fully saturated rings. The minimum Gasteiger partial charge on any atom is -0.394 e. The van der Waals surface area contributed by atoms with E-state index < -0.39 is 0 Å². The average Bonchev–Trinajstić information content (AvgIpc) is 2.83. The third-order valence-electron chi connectivity index (χ3n) is 3.32. The smallest absolute Gasteiger partial charge is 0.315 e. The Hall–Kier alpha value is -2.34. The number of nitrogens with zero attached hydrogens (tertiary/aromatic N) is 2. The number of carbonyl (C=O) groups excluding carboxylic acids is 1. The largest absolute Gasteiger partial charge is 0.394 e. The van der Waals surface area contributed by atoms with Crippen LogP contribution >= 0.6 is 0 Å². The molecule has 2 rings (SSSR count). The second kappa shape index (κ2) is 7.09. The van der Waals surface area contributed by atoms with Crippen LogP contribution in [0.15, 0.2) is 30.3 Å². The van der Waals surface area contributed by atoms with Crippen LogP contribution in [0.1, 0.15) is 23.9 Å². The van der Waals surface area contributed by atoms with Crippen LogP contribution in [-0.2, 0) is 6.54 Å². The van der Waals surface area contributed by atoms with E-state index in [0.29, 0.717) is 6.54 Å². The Morgan fingerprint density at radius 3 is 2.73 bits per heavy atom. The van der Waals surface area contributed by atoms with E-state index in [0.717, 1.165) is 22.6 Å². The van der Waals surface area contributed by atoms with Crippen LogP contribution in [0.5, 0.6) is 0 Å². The van der Waals surface area contributed by atoms with Crippen LogP contribution in [0.4, 0.5) is 4.79 Å². The van der Waals surface area contributed by atoms with E-state index in [9.17, 15) is 4.79 Å². The second-order valence-electron chi connectivity index (χ2n) is 5.38. The van der Waals surface area contributed by atoms with Crippen molar-refractivity contribution in [3.05, 3.63) is 47.3 Å². The van der Waals surface area contributed by atoms with Crippen molar-refractivity contribution in [1.29, 1.82) is 0 Å². The quantitative estimate of drug-likeness (QED) is 0.786. The van der Waals surface area contributed by atoms with E-state index in [-0.39, 0.29) is 18.7 Å². The lowest BCUT2D eigenvalue weighted by Crippen LogP contribution is -2.42. The fraction of sp³-hybridized carbons (Fsp3) is 0.375. The van der Waals surface area contributed by atoms with Gasteiger partial charge in [-0.3, -0.25) is 0 Å². The summed E-state index contributed by atoms with van der Waals surface area (Å²) in [4.78, 5) is 11.7. The molecule has 1 aromatic carbocycles. The first-order chi connectivity index (χ1) is 10.5. The fourth-order valence-corrected chi connectivity index (χ4v) is 2.24. The van der Waals surface area contributed by atoms with E-state index >= 15 is 0 Å². The molecule has 0 aliphatic heterocycles. The van der Waals surface area contributed by atoms with Crippen molar-refractivity contribution >= 4 is 6.03 Å². The highest BCUT2D eigenvalue weighted by Gasteiger charge is 2.10. The van der Waals surface area contributed by atoms with Crippen LogP contribution in [0.25, 0.3) is 5.69 Å². The standard InChI is InChI=1S/C16H22N4O2/c1-11-8-13(3)20(19-11)15-7-5-4-6-14(15)9-17-16(22)18-12(2)10-21/h4-8,12,21H,9-10H2,1-3H3,(H2,17,18,22). The Labute approximate surface area is 130 Å². The predicted molar refractivity (Wildman–Crippen MR) is 85.0 cm³/mol. The SMILES string of the molecule is Cc1cc(C)n(-c2ccccc2CNC(=O)NC(C)CO)n1. The molecule has 0 radical (unpaired) electrons. The van der Waals surface area contributed by atoms with Gasteiger partial charge in [0.05, 0.1) is 24.0 Å². The van der Waals surface area contributed by atoms with Gasteiger partial charge >= 0.3 is 6.03 Å². The number of urea groups is 1. The molecule has 0 saturated heterocycles. The molecule has 2 aromatic rings. The topological polar surface area (TPSA) is 79.2 Å². The van der Waals surface area contributed by atoms with Crippen molar-refractivity contribution in [1.82, 2.24) is 20.4 Å². The van der Waals surface area contributed by atoms with E-state index in [1.807, 2.05) is 48.9 Å². The van der Waals surface area contributed by atoms with E-state index in [4.69, 9.17) is 5.11 Å². The van der Waals surface area contributed by atoms with Gasteiger partial charge in [-0.15, -0.1) is 0 Å². The zero-order valence-corrected chi connectivity index (χ0v) is 13.1. The predicted octanol–water partition coefficient (Wildman–Crippen LogP) is 1.67. The maximum Gasteiger partial charge on any atom is 0.315 e. The summed E-state index contributed by atoms with van der Waals surface area (Å²) in [5.74, 6) is 0. The Kier molecular flexibility index (Phi) is 5.16. The molecule has 1 heterocycles. The fourth-order valence-electron chi connectivity index (χ4n) is 2.24. The molecule has 0 bridgehead atoms. The molecule has 3 N–H and O–H groups in total. The van der Waals surface area contributed by atoms with Crippen LogP contribution in [0.3, 0.4) is 0 Å². The van der Waals surface area contributed by atoms with Gasteiger partial charge in [0.2, 0.25) is 0 Å². The lowest BCUT2D eigenvalue weighted by atomic mass is 10.1. The summed E-state index contributed by atoms with van der Waals surface area (Å²) >= 11 is 0. The van der Waals surface area contributed by atoms with Gasteiger partial charge in [0, 0.05) is 12.2 Å². The van der Waals surface area contributed by atoms with Gasteiger partial charge in [-0.2, -0.15) is 5.10 Å². The molecule has 0 spiro atoms. The van der Waals surface area contributed by atoms with Gasteiger partial charge in [-0.25, -0.2) is 9.48 Å². The number of rotatable bonds is 5. The van der Waals surface area contributed by atoms with Gasteiger partial charge in [-0.05, 0) is 38.5 Å². The number of amides is 2. The summed E-state index contributed by atoms with van der Waals surface area (Å²) in [6, 6.07) is 9.26. The summed E-state index contributed by atoms with van der Waals surface area (Å²) < 4.78 is 1.88. The monoisotopic (exact) mass is 302 g/mol. The number of aromatic nitrogens is 2. The lowest BCUT2D eigenvalue weighted by molar-refractivity contribution is 0.220. The van der Waals surface area contributed by atoms with Gasteiger partial charge in [-0.1, -0.05) is 18.2 Å². The number of hydrogen-bond donors (Lipinski definition) is 3. The zero-order valence-electron chi connectivity index (χ0n) is 13.1. The van der Waals surface area contributed by atoms with Gasteiger partial charge in [0.15, 0.2) is 0 Å². The molecule has 0 saturated carbocycles. The van der Waals surface area contributed by atoms with Gasteiger partial charge in [0.1, 0.15) is 0 Å². The van der Waals surface area contributed by atoms with Crippen LogP contribution in [0, 0.1) is 13.8 Å². The van der Waals surface area contributed by atoms with E-state index in [2.05, 4.69) is 15.7 Å². The molecule has 6 heteroatoms. The normalized spacial score (nSPS) is 12.0. The number of aliphatic hydroxyl groups is 1. The zero-order chi connectivity index (χ0) is 16.1. The Morgan fingerprint density at radius 2 is 2.09 bits per heavy atom. The number of para-hydroxylation sites is 1. The first kappa shape index (κ1) is 16.0. The van der Waals surface area contributed by atoms with Crippen molar-refractivity contribution in [3.63, 3.8) is 0 Å². The first-order valence-electron chi connectivity index (χ1n) is 7.28. The molecular formula is C16H22N4O2. The minimum absolute atomic E-state index is 0.0875. The van der Waals surface area contributed by atoms with Gasteiger partial charge < -0.3 is 15.7 Å². The van der Waals surface area contributed by atoms with Crippen LogP contribution < -0.4 is 10.6 Å². The molecule has 6 nitrogen and oxygen atoms in total. The highest BCUT2D eigenvalue weighted by Crippen LogP contribution is 2.16. The number of nitrogens with one attached hydrogen (secondary N) is 2. The van der Waals surface area contributed by atoms with Crippen molar-refractivity contribution < 1.29 is 9.90 Å². The van der Waals surface area contributed by atoms with Crippen molar-refractivity contribution in [2.45, 2.75) is 33.4 Å². The highest BCUT2D eigenvalue weighted by molar-refractivity contribution is 5.74. The third kappa shape index (κ3) is 3.85. The number of aliphatic hydroxyl groups excluding tert-OH is 1. The number of carbonyl (C=O) groups is 1. The summed E-state index contributed by atoms with van der Waals surface area (Å²) in [6.45, 7) is 5.99. The van der Waals surface area contributed by atoms with Crippen molar-refractivity contribution in [2.75, 3.05) is 6.61 Å². The molecule has 1 atom stereocenters. The number of aryl methyl sites for hydroxylation is 2. The van der Waals surface area contributed by atoms with Gasteiger partial charge in [0.25, 0.3) is 0 Å². The summed E-state index contributed by atoms with van der Waals surface area (Å²) in [7, 11) is 0. The van der Waals surface area contributed by atoms with Crippen molar-refractivity contribution in [2.24, 2.45) is 0 Å². The van der Waals surface area contributed by atoms with E-state index in [1.165, 1.54) is 0 Å². The van der Waals surface area contributed by atoms with Crippen molar-refractivity contribution in [3.8, 4) is 5.69 Å². The van der Waals surface area contributed by atoms with E-state index in [1.54, 1.807) is 6.92 Å². The average molecular weight is 302 g/mol. The molecule has 0 aliphatic carbocycles.